The van der Waals surface area contributed by atoms with E-state index in [1.807, 2.05) is 37.1 Å². The molecule has 2 aliphatic carbocycles. The van der Waals surface area contributed by atoms with Crippen molar-refractivity contribution in [1.82, 2.24) is 0 Å². The fourth-order valence-corrected chi connectivity index (χ4v) is 3.47. The van der Waals surface area contributed by atoms with Gasteiger partial charge in [-0.25, -0.2) is 0 Å². The van der Waals surface area contributed by atoms with Crippen molar-refractivity contribution in [3.8, 4) is 11.5 Å². The van der Waals surface area contributed by atoms with Gasteiger partial charge in [-0.3, -0.25) is 0 Å². The number of allylic oxidation sites excluding steroid dienone is 8. The monoisotopic (exact) mass is 661 g/mol. The average molecular weight is 661 g/mol. The van der Waals surface area contributed by atoms with Gasteiger partial charge in [0.25, 0.3) is 0 Å². The van der Waals surface area contributed by atoms with Crippen molar-refractivity contribution >= 4 is 11.4 Å². The van der Waals surface area contributed by atoms with E-state index in [4.69, 9.17) is 0 Å². The van der Waals surface area contributed by atoms with E-state index < -0.39 is 11.5 Å². The van der Waals surface area contributed by atoms with E-state index in [-0.39, 0.29) is 27.8 Å². The van der Waals surface area contributed by atoms with Gasteiger partial charge < -0.3 is 21.0 Å². The Morgan fingerprint density at radius 3 is 0.944 bits per heavy atom. The first kappa shape index (κ1) is 35.7. The maximum absolute atomic E-state index is 10.3. The molecule has 0 N–H and O–H groups in total. The second-order valence-corrected chi connectivity index (χ2v) is 9.64. The SMILES string of the molecule is C.CC(C)C1=C[CH+]C=C(C(C)C)C1=[N-].CC(C)C1=C[CH+]C=C(C(C)C)C1=[N-].[O-]c1ccccc1[O-].[Re]. The third-order valence-electron chi connectivity index (χ3n) is 5.53. The second-order valence-electron chi connectivity index (χ2n) is 9.64. The van der Waals surface area contributed by atoms with Crippen LogP contribution in [-0.2, 0) is 20.4 Å². The molecule has 4 nitrogen and oxygen atoms in total. The smallest absolute Gasteiger partial charge is 0.0498 e. The summed E-state index contributed by atoms with van der Waals surface area (Å²) in [5, 5.41) is 40.5. The number of nitrogens with zero attached hydrogens (tertiary/aromatic N) is 2. The molecule has 5 heteroatoms. The molecule has 0 unspecified atom stereocenters. The summed E-state index contributed by atoms with van der Waals surface area (Å²) in [5.41, 5.74) is 5.15. The zero-order valence-electron chi connectivity index (χ0n) is 22.2. The molecule has 0 heterocycles. The molecule has 0 aliphatic heterocycles. The van der Waals surface area contributed by atoms with Crippen LogP contribution < -0.4 is 10.2 Å². The molecule has 1 radical (unpaired) electrons. The third-order valence-corrected chi connectivity index (χ3v) is 5.53. The summed E-state index contributed by atoms with van der Waals surface area (Å²) in [6, 6.07) is 5.60. The predicted octanol–water partition coefficient (Wildman–Crippen LogP) is 7.23. The quantitative estimate of drug-likeness (QED) is 0.319. The van der Waals surface area contributed by atoms with Crippen molar-refractivity contribution in [2.24, 2.45) is 23.7 Å². The third kappa shape index (κ3) is 10.6. The zero-order chi connectivity index (χ0) is 26.0. The van der Waals surface area contributed by atoms with Gasteiger partial charge in [-0.15, -0.1) is 11.5 Å². The van der Waals surface area contributed by atoms with Gasteiger partial charge in [0.2, 0.25) is 0 Å². The van der Waals surface area contributed by atoms with Gasteiger partial charge >= 0.3 is 0 Å². The molecule has 3 rings (SSSR count). The largest absolute Gasteiger partial charge is 0.873 e. The molecular formula is C31H42N2O2Re-2. The van der Waals surface area contributed by atoms with Crippen LogP contribution in [0.5, 0.6) is 11.5 Å². The topological polar surface area (TPSA) is 90.7 Å². The Bertz CT molecular complexity index is 849. The summed E-state index contributed by atoms with van der Waals surface area (Å²) in [6.45, 7) is 16.8. The molecule has 0 aromatic heterocycles. The number of rotatable bonds is 4. The summed E-state index contributed by atoms with van der Waals surface area (Å²) < 4.78 is 0. The van der Waals surface area contributed by atoms with Gasteiger partial charge in [-0.2, -0.15) is 0 Å². The summed E-state index contributed by atoms with van der Waals surface area (Å²) in [4.78, 5) is 0. The minimum Gasteiger partial charge on any atom is -0.873 e. The molecule has 1 aromatic carbocycles. The fourth-order valence-electron chi connectivity index (χ4n) is 3.47. The van der Waals surface area contributed by atoms with Crippen LogP contribution in [0.1, 0.15) is 62.8 Å². The van der Waals surface area contributed by atoms with Crippen LogP contribution in [0.4, 0.5) is 0 Å². The molecule has 197 valence electrons. The maximum atomic E-state index is 10.3. The molecule has 0 spiro atoms. The minimum absolute atomic E-state index is 0. The van der Waals surface area contributed by atoms with Gasteiger partial charge in [0, 0.05) is 104 Å². The van der Waals surface area contributed by atoms with Crippen LogP contribution in [0.3, 0.4) is 0 Å². The first-order valence-electron chi connectivity index (χ1n) is 11.9. The Hall–Kier alpha value is -2.48. The van der Waals surface area contributed by atoms with Gasteiger partial charge in [0.15, 0.2) is 0 Å². The zero-order valence-corrected chi connectivity index (χ0v) is 24.9. The maximum Gasteiger partial charge on any atom is 0.0498 e. The Balaban J connectivity index is 0. The van der Waals surface area contributed by atoms with Gasteiger partial charge in [0.1, 0.15) is 0 Å². The summed E-state index contributed by atoms with van der Waals surface area (Å²) in [5.74, 6) is 0.676. The summed E-state index contributed by atoms with van der Waals surface area (Å²) >= 11 is 0. The summed E-state index contributed by atoms with van der Waals surface area (Å²) in [7, 11) is 0. The van der Waals surface area contributed by atoms with Crippen LogP contribution in [0.25, 0.3) is 10.8 Å². The molecule has 0 bridgehead atoms. The van der Waals surface area contributed by atoms with E-state index in [2.05, 4.69) is 55.4 Å². The first-order valence-corrected chi connectivity index (χ1v) is 11.9. The predicted molar refractivity (Wildman–Crippen MR) is 149 cm³/mol. The van der Waals surface area contributed by atoms with Crippen molar-refractivity contribution < 1.29 is 30.6 Å². The summed E-state index contributed by atoms with van der Waals surface area (Å²) in [6.07, 6.45) is 12.0. The second kappa shape index (κ2) is 17.1. The van der Waals surface area contributed by atoms with E-state index in [1.54, 1.807) is 12.1 Å². The van der Waals surface area contributed by atoms with E-state index in [0.29, 0.717) is 35.1 Å². The first-order chi connectivity index (χ1) is 15.9. The molecule has 0 saturated heterocycles. The Labute approximate surface area is 234 Å². The van der Waals surface area contributed by atoms with Crippen molar-refractivity contribution in [3.05, 3.63) is 94.5 Å². The number of benzene rings is 1. The van der Waals surface area contributed by atoms with E-state index in [9.17, 15) is 21.0 Å². The van der Waals surface area contributed by atoms with Crippen LogP contribution in [0.15, 0.2) is 70.9 Å². The Morgan fingerprint density at radius 2 is 0.778 bits per heavy atom. The molecule has 1 aromatic rings. The Morgan fingerprint density at radius 1 is 0.556 bits per heavy atom. The van der Waals surface area contributed by atoms with E-state index in [0.717, 1.165) is 22.3 Å². The fraction of sp³-hybridized carbons (Fsp3) is 0.419. The van der Waals surface area contributed by atoms with Crippen molar-refractivity contribution in [3.63, 3.8) is 0 Å². The molecule has 0 fully saturated rings. The van der Waals surface area contributed by atoms with Gasteiger partial charge in [-0.1, -0.05) is 31.7 Å². The van der Waals surface area contributed by atoms with Crippen molar-refractivity contribution in [2.45, 2.75) is 62.8 Å². The van der Waals surface area contributed by atoms with Crippen LogP contribution >= 0.6 is 0 Å². The average Bonchev–Trinajstić information content (AvgIpc) is 2.76. The normalized spacial score (nSPS) is 14.4. The van der Waals surface area contributed by atoms with Crippen LogP contribution in [0.2, 0.25) is 0 Å². The Kier molecular flexibility index (Phi) is 16.9. The number of hydrogen-bond donors (Lipinski definition) is 0. The van der Waals surface area contributed by atoms with Crippen molar-refractivity contribution in [1.29, 1.82) is 0 Å². The molecule has 36 heavy (non-hydrogen) atoms. The standard InChI is InChI=1S/2C12H17N.C6H6O2.CH4.Re/c2*1-8(2)10-6-5-7-11(9(3)4)12(10)13;7-5-3-1-2-4-6(5)8;;/h2*5-9H,1-4H3;1-4,7-8H;1H4;/p-2. The molecule has 0 saturated carbocycles. The number of para-hydroxylation sites is 2. The number of hydrogen-bond acceptors (Lipinski definition) is 2. The molecule has 0 amide bonds. The van der Waals surface area contributed by atoms with Gasteiger partial charge in [-0.05, 0) is 66.8 Å². The molecule has 2 aliphatic rings. The molecule has 0 atom stereocenters. The van der Waals surface area contributed by atoms with E-state index >= 15 is 0 Å². The van der Waals surface area contributed by atoms with Crippen LogP contribution in [0, 0.1) is 36.5 Å². The minimum atomic E-state index is -0.437. The van der Waals surface area contributed by atoms with Gasteiger partial charge in [0.05, 0.1) is 0 Å². The van der Waals surface area contributed by atoms with Crippen LogP contribution in [-0.4, -0.2) is 11.4 Å². The molecular weight excluding hydrogens is 619 g/mol. The van der Waals surface area contributed by atoms with E-state index in [1.165, 1.54) is 12.1 Å². The van der Waals surface area contributed by atoms with Crippen molar-refractivity contribution in [2.75, 3.05) is 0 Å².